The standard InChI is InChI=1S/C28H22N2O4/c1-17(31)29-28-26(20-9-5-10-21(15-20)33-2)30-27(34-28)24-14-13-19(16-25(24)32)23-12-6-8-18-7-3-4-11-22(18)23/h3-16,32H,1-2H3,(H,29,31). The van der Waals surface area contributed by atoms with Gasteiger partial charge in [0.2, 0.25) is 17.7 Å². The fourth-order valence-electron chi connectivity index (χ4n) is 4.00. The Morgan fingerprint density at radius 2 is 1.71 bits per heavy atom. The van der Waals surface area contributed by atoms with E-state index in [4.69, 9.17) is 9.15 Å². The Balaban J connectivity index is 1.59. The summed E-state index contributed by atoms with van der Waals surface area (Å²) in [5, 5.41) is 15.8. The van der Waals surface area contributed by atoms with Crippen LogP contribution in [0.3, 0.4) is 0 Å². The van der Waals surface area contributed by atoms with E-state index in [-0.39, 0.29) is 23.4 Å². The highest BCUT2D eigenvalue weighted by Crippen LogP contribution is 2.39. The molecular formula is C28H22N2O4. The van der Waals surface area contributed by atoms with Crippen molar-refractivity contribution >= 4 is 22.6 Å². The van der Waals surface area contributed by atoms with Crippen LogP contribution in [0.25, 0.3) is 44.6 Å². The second-order valence-electron chi connectivity index (χ2n) is 7.87. The van der Waals surface area contributed by atoms with Crippen molar-refractivity contribution in [3.63, 3.8) is 0 Å². The normalized spacial score (nSPS) is 10.9. The highest BCUT2D eigenvalue weighted by Gasteiger charge is 2.20. The number of amides is 1. The number of methoxy groups -OCH3 is 1. The van der Waals surface area contributed by atoms with Gasteiger partial charge in [0, 0.05) is 12.5 Å². The number of rotatable bonds is 5. The lowest BCUT2D eigenvalue weighted by Gasteiger charge is -2.09. The van der Waals surface area contributed by atoms with E-state index in [1.54, 1.807) is 25.3 Å². The molecule has 0 saturated heterocycles. The van der Waals surface area contributed by atoms with Crippen LogP contribution in [0.1, 0.15) is 6.92 Å². The number of benzene rings is 4. The second-order valence-corrected chi connectivity index (χ2v) is 7.87. The van der Waals surface area contributed by atoms with Crippen LogP contribution >= 0.6 is 0 Å². The minimum absolute atomic E-state index is 0.0262. The molecule has 1 heterocycles. The zero-order valence-corrected chi connectivity index (χ0v) is 18.7. The zero-order valence-electron chi connectivity index (χ0n) is 18.7. The molecule has 1 aromatic heterocycles. The van der Waals surface area contributed by atoms with Gasteiger partial charge in [0.1, 0.15) is 17.2 Å². The number of nitrogens with zero attached hydrogens (tertiary/aromatic N) is 1. The Morgan fingerprint density at radius 3 is 2.50 bits per heavy atom. The van der Waals surface area contributed by atoms with E-state index in [9.17, 15) is 9.90 Å². The van der Waals surface area contributed by atoms with Crippen LogP contribution in [-0.2, 0) is 4.79 Å². The van der Waals surface area contributed by atoms with Crippen LogP contribution in [0.4, 0.5) is 5.88 Å². The van der Waals surface area contributed by atoms with E-state index < -0.39 is 0 Å². The van der Waals surface area contributed by atoms with Crippen molar-refractivity contribution in [3.8, 4) is 45.3 Å². The maximum absolute atomic E-state index is 11.8. The number of anilines is 1. The first-order valence-electron chi connectivity index (χ1n) is 10.8. The van der Waals surface area contributed by atoms with Gasteiger partial charge in [-0.15, -0.1) is 0 Å². The summed E-state index contributed by atoms with van der Waals surface area (Å²) >= 11 is 0. The molecule has 2 N–H and O–H groups in total. The molecule has 0 aliphatic heterocycles. The van der Waals surface area contributed by atoms with E-state index in [1.807, 2.05) is 48.5 Å². The molecule has 4 aromatic carbocycles. The van der Waals surface area contributed by atoms with Crippen molar-refractivity contribution < 1.29 is 19.1 Å². The molecule has 0 aliphatic carbocycles. The fourth-order valence-corrected chi connectivity index (χ4v) is 4.00. The van der Waals surface area contributed by atoms with Crippen molar-refractivity contribution in [1.82, 2.24) is 4.98 Å². The molecule has 6 nitrogen and oxygen atoms in total. The van der Waals surface area contributed by atoms with Crippen LogP contribution in [0.15, 0.2) is 89.3 Å². The minimum Gasteiger partial charge on any atom is -0.507 e. The number of phenolic OH excluding ortho intramolecular Hbond substituents is 1. The first-order valence-corrected chi connectivity index (χ1v) is 10.8. The molecule has 5 rings (SSSR count). The molecule has 0 bridgehead atoms. The van der Waals surface area contributed by atoms with Gasteiger partial charge in [-0.2, -0.15) is 0 Å². The van der Waals surface area contributed by atoms with Gasteiger partial charge in [0.25, 0.3) is 0 Å². The number of aromatic hydroxyl groups is 1. The third kappa shape index (κ3) is 3.97. The fraction of sp³-hybridized carbons (Fsp3) is 0.0714. The maximum atomic E-state index is 11.8. The van der Waals surface area contributed by atoms with Gasteiger partial charge in [-0.1, -0.05) is 60.7 Å². The van der Waals surface area contributed by atoms with Crippen LogP contribution in [-0.4, -0.2) is 23.1 Å². The number of hydrogen-bond donors (Lipinski definition) is 2. The molecule has 0 fully saturated rings. The summed E-state index contributed by atoms with van der Waals surface area (Å²) in [6.45, 7) is 1.40. The van der Waals surface area contributed by atoms with E-state index in [2.05, 4.69) is 28.5 Å². The number of carbonyl (C=O) groups excluding carboxylic acids is 1. The molecule has 0 aliphatic rings. The average Bonchev–Trinajstić information content (AvgIpc) is 3.26. The Morgan fingerprint density at radius 1 is 0.912 bits per heavy atom. The number of ether oxygens (including phenoxy) is 1. The predicted octanol–water partition coefficient (Wildman–Crippen LogP) is 6.50. The Kier molecular flexibility index (Phi) is 5.47. The molecule has 0 atom stereocenters. The largest absolute Gasteiger partial charge is 0.507 e. The molecule has 34 heavy (non-hydrogen) atoms. The van der Waals surface area contributed by atoms with Crippen molar-refractivity contribution in [2.75, 3.05) is 12.4 Å². The van der Waals surface area contributed by atoms with E-state index in [0.717, 1.165) is 21.9 Å². The third-order valence-electron chi connectivity index (χ3n) is 5.59. The predicted molar refractivity (Wildman–Crippen MR) is 133 cm³/mol. The number of hydrogen-bond acceptors (Lipinski definition) is 5. The van der Waals surface area contributed by atoms with Gasteiger partial charge in [-0.3, -0.25) is 10.1 Å². The van der Waals surface area contributed by atoms with Crippen molar-refractivity contribution in [2.24, 2.45) is 0 Å². The molecule has 168 valence electrons. The van der Waals surface area contributed by atoms with Crippen molar-refractivity contribution in [3.05, 3.63) is 84.9 Å². The summed E-state index contributed by atoms with van der Waals surface area (Å²) in [6.07, 6.45) is 0. The number of aromatic nitrogens is 1. The van der Waals surface area contributed by atoms with Gasteiger partial charge in [0.15, 0.2) is 0 Å². The van der Waals surface area contributed by atoms with Crippen LogP contribution in [0.2, 0.25) is 0 Å². The summed E-state index contributed by atoms with van der Waals surface area (Å²) in [7, 11) is 1.58. The summed E-state index contributed by atoms with van der Waals surface area (Å²) < 4.78 is 11.2. The number of oxazole rings is 1. The minimum atomic E-state index is -0.289. The quantitative estimate of drug-likeness (QED) is 0.319. The second kappa shape index (κ2) is 8.75. The number of phenols is 1. The topological polar surface area (TPSA) is 84.6 Å². The van der Waals surface area contributed by atoms with Crippen LogP contribution in [0.5, 0.6) is 11.5 Å². The highest BCUT2D eigenvalue weighted by molar-refractivity contribution is 5.97. The first kappa shape index (κ1) is 21.3. The molecule has 0 spiro atoms. The van der Waals surface area contributed by atoms with Gasteiger partial charge in [-0.25, -0.2) is 4.98 Å². The first-order chi connectivity index (χ1) is 16.5. The molecule has 1 amide bonds. The maximum Gasteiger partial charge on any atom is 0.233 e. The average molecular weight is 450 g/mol. The monoisotopic (exact) mass is 450 g/mol. The smallest absolute Gasteiger partial charge is 0.233 e. The molecule has 6 heteroatoms. The summed E-state index contributed by atoms with van der Waals surface area (Å²) in [5.41, 5.74) is 3.47. The Labute approximate surface area is 196 Å². The summed E-state index contributed by atoms with van der Waals surface area (Å²) in [6, 6.07) is 26.9. The van der Waals surface area contributed by atoms with Gasteiger partial charge >= 0.3 is 0 Å². The van der Waals surface area contributed by atoms with E-state index in [1.165, 1.54) is 6.92 Å². The van der Waals surface area contributed by atoms with Crippen LogP contribution < -0.4 is 10.1 Å². The highest BCUT2D eigenvalue weighted by atomic mass is 16.5. The van der Waals surface area contributed by atoms with E-state index in [0.29, 0.717) is 22.6 Å². The van der Waals surface area contributed by atoms with Crippen molar-refractivity contribution in [2.45, 2.75) is 6.92 Å². The van der Waals surface area contributed by atoms with Gasteiger partial charge in [-0.05, 0) is 46.2 Å². The SMILES string of the molecule is COc1cccc(-c2nc(-c3ccc(-c4cccc5ccccc45)cc3O)oc2NC(C)=O)c1. The molecular weight excluding hydrogens is 428 g/mol. The molecule has 5 aromatic rings. The Hall–Kier alpha value is -4.58. The van der Waals surface area contributed by atoms with Crippen LogP contribution in [0, 0.1) is 0 Å². The third-order valence-corrected chi connectivity index (χ3v) is 5.59. The summed E-state index contributed by atoms with van der Waals surface area (Å²) in [4.78, 5) is 16.4. The summed E-state index contributed by atoms with van der Waals surface area (Å²) in [5.74, 6) is 0.788. The Bertz CT molecular complexity index is 1520. The zero-order chi connectivity index (χ0) is 23.7. The van der Waals surface area contributed by atoms with E-state index >= 15 is 0 Å². The molecule has 0 unspecified atom stereocenters. The number of nitrogens with one attached hydrogen (secondary N) is 1. The van der Waals surface area contributed by atoms with Crippen molar-refractivity contribution in [1.29, 1.82) is 0 Å². The van der Waals surface area contributed by atoms with Gasteiger partial charge in [0.05, 0.1) is 12.7 Å². The lowest BCUT2D eigenvalue weighted by molar-refractivity contribution is -0.114. The number of carbonyl (C=O) groups is 1. The lowest BCUT2D eigenvalue weighted by atomic mass is 9.97. The molecule has 0 radical (unpaired) electrons. The van der Waals surface area contributed by atoms with Gasteiger partial charge < -0.3 is 14.3 Å². The molecule has 0 saturated carbocycles. The lowest BCUT2D eigenvalue weighted by Crippen LogP contribution is -2.05. The number of fused-ring (bicyclic) bond motifs is 1.